The topological polar surface area (TPSA) is 9.86 Å². The zero-order chi connectivity index (χ0) is 34.0. The van der Waals surface area contributed by atoms with Gasteiger partial charge in [-0.15, -0.1) is 0 Å². The molecule has 0 fully saturated rings. The lowest BCUT2D eigenvalue weighted by Crippen LogP contribution is -2.38. The summed E-state index contributed by atoms with van der Waals surface area (Å²) in [5.74, 6) is 0. The summed E-state index contributed by atoms with van der Waals surface area (Å²) in [4.78, 5) is 0. The smallest absolute Gasteiger partial charge is 0.309 e. The van der Waals surface area contributed by atoms with Gasteiger partial charge in [0.1, 0.15) is 0 Å². The molecule has 8 aromatic rings. The molecule has 49 heavy (non-hydrogen) atoms. The monoisotopic (exact) mass is 662 g/mol. The van der Waals surface area contributed by atoms with E-state index in [0.717, 1.165) is 43.6 Å². The van der Waals surface area contributed by atoms with Crippen LogP contribution in [0.2, 0.25) is 0 Å². The molecule has 0 N–H and O–H groups in total. The van der Waals surface area contributed by atoms with Crippen molar-refractivity contribution >= 4 is 43.6 Å². The molecule has 0 aliphatic carbocycles. The Kier molecular flexibility index (Phi) is 7.10. The van der Waals surface area contributed by atoms with Gasteiger partial charge >= 0.3 is 12.4 Å². The number of benzene rings is 6. The fourth-order valence-electron chi connectivity index (χ4n) is 7.58. The highest BCUT2D eigenvalue weighted by molar-refractivity contribution is 6.10. The zero-order valence-corrected chi connectivity index (χ0v) is 25.9. The van der Waals surface area contributed by atoms with Crippen molar-refractivity contribution in [3.8, 4) is 11.4 Å². The minimum absolute atomic E-state index is 0.0590. The Labute approximate surface area is 277 Å². The first-order chi connectivity index (χ1) is 23.5. The molecule has 0 radical (unpaired) electrons. The summed E-state index contributed by atoms with van der Waals surface area (Å²) >= 11 is 0. The molecule has 0 atom stereocenters. The fourth-order valence-corrected chi connectivity index (χ4v) is 7.58. The molecule has 0 unspecified atom stereocenters. The lowest BCUT2D eigenvalue weighted by molar-refractivity contribution is -0.174. The minimum atomic E-state index is -4.89. The van der Waals surface area contributed by atoms with Gasteiger partial charge in [0.25, 0.3) is 0 Å². The fraction of sp³-hybridized carbons (Fsp3) is 0.122. The molecule has 2 aromatic heterocycles. The van der Waals surface area contributed by atoms with E-state index in [2.05, 4.69) is 0 Å². The SMILES string of the molecule is FC(F)(F)CC(CC(F)(F)F)(c1ccc(-n2c3ccccc3c3ccccc32)cc1)c1ccc(-n2c3ccccc3c3ccccc32)cc1. The van der Waals surface area contributed by atoms with E-state index in [-0.39, 0.29) is 11.1 Å². The van der Waals surface area contributed by atoms with Crippen LogP contribution in [0.4, 0.5) is 26.3 Å². The largest absolute Gasteiger partial charge is 0.390 e. The molecule has 2 nitrogen and oxygen atoms in total. The molecule has 0 saturated heterocycles. The summed E-state index contributed by atoms with van der Waals surface area (Å²) in [7, 11) is 0. The lowest BCUT2D eigenvalue weighted by Gasteiger charge is -2.37. The van der Waals surface area contributed by atoms with Crippen LogP contribution in [-0.2, 0) is 5.41 Å². The Balaban J connectivity index is 1.29. The maximum absolute atomic E-state index is 14.4. The second-order valence-electron chi connectivity index (χ2n) is 12.5. The van der Waals surface area contributed by atoms with E-state index in [0.29, 0.717) is 11.4 Å². The Hall–Kier alpha value is -5.50. The van der Waals surface area contributed by atoms with Gasteiger partial charge in [-0.25, -0.2) is 0 Å². The van der Waals surface area contributed by atoms with Gasteiger partial charge in [0.15, 0.2) is 0 Å². The highest BCUT2D eigenvalue weighted by Gasteiger charge is 2.51. The van der Waals surface area contributed by atoms with Crippen LogP contribution in [0.15, 0.2) is 146 Å². The molecule has 0 amide bonds. The van der Waals surface area contributed by atoms with Crippen molar-refractivity contribution in [2.75, 3.05) is 0 Å². The molecule has 0 bridgehead atoms. The number of rotatable bonds is 6. The van der Waals surface area contributed by atoms with E-state index in [1.54, 1.807) is 24.3 Å². The van der Waals surface area contributed by atoms with Gasteiger partial charge in [-0.3, -0.25) is 0 Å². The number of hydrogen-bond donors (Lipinski definition) is 0. The first-order valence-electron chi connectivity index (χ1n) is 15.8. The van der Waals surface area contributed by atoms with Gasteiger partial charge in [0, 0.05) is 38.3 Å². The van der Waals surface area contributed by atoms with Crippen molar-refractivity contribution in [2.24, 2.45) is 0 Å². The summed E-state index contributed by atoms with van der Waals surface area (Å²) in [5, 5.41) is 3.98. The second-order valence-corrected chi connectivity index (χ2v) is 12.5. The third-order valence-electron chi connectivity index (χ3n) is 9.52. The van der Waals surface area contributed by atoms with Crippen molar-refractivity contribution < 1.29 is 26.3 Å². The molecular weight excluding hydrogens is 634 g/mol. The quantitative estimate of drug-likeness (QED) is 0.157. The number of halogens is 6. The van der Waals surface area contributed by atoms with Crippen molar-refractivity contribution in [3.63, 3.8) is 0 Å². The van der Waals surface area contributed by atoms with Crippen LogP contribution < -0.4 is 0 Å². The molecule has 0 aliphatic rings. The molecule has 6 aromatic carbocycles. The highest BCUT2D eigenvalue weighted by Crippen LogP contribution is 2.49. The summed E-state index contributed by atoms with van der Waals surface area (Å²) in [6.07, 6.45) is -13.1. The van der Waals surface area contributed by atoms with Gasteiger partial charge < -0.3 is 9.13 Å². The third-order valence-corrected chi connectivity index (χ3v) is 9.52. The minimum Gasteiger partial charge on any atom is -0.309 e. The van der Waals surface area contributed by atoms with Crippen LogP contribution >= 0.6 is 0 Å². The highest BCUT2D eigenvalue weighted by atomic mass is 19.4. The number of aromatic nitrogens is 2. The first kappa shape index (κ1) is 30.8. The van der Waals surface area contributed by atoms with Crippen molar-refractivity contribution in [1.82, 2.24) is 9.13 Å². The van der Waals surface area contributed by atoms with E-state index < -0.39 is 30.6 Å². The lowest BCUT2D eigenvalue weighted by atomic mass is 9.69. The van der Waals surface area contributed by atoms with Crippen LogP contribution in [0.25, 0.3) is 55.0 Å². The van der Waals surface area contributed by atoms with E-state index in [9.17, 15) is 26.3 Å². The number of hydrogen-bond acceptors (Lipinski definition) is 0. The van der Waals surface area contributed by atoms with Crippen molar-refractivity contribution in [1.29, 1.82) is 0 Å². The van der Waals surface area contributed by atoms with E-state index in [4.69, 9.17) is 0 Å². The Bertz CT molecular complexity index is 2180. The van der Waals surface area contributed by atoms with Gasteiger partial charge in [-0.2, -0.15) is 26.3 Å². The summed E-state index contributed by atoms with van der Waals surface area (Å²) < 4.78 is 90.5. The molecule has 8 heteroatoms. The van der Waals surface area contributed by atoms with Crippen LogP contribution in [0.5, 0.6) is 0 Å². The molecule has 0 saturated carbocycles. The molecule has 0 spiro atoms. The van der Waals surface area contributed by atoms with Gasteiger partial charge in [0.05, 0.1) is 34.9 Å². The zero-order valence-electron chi connectivity index (χ0n) is 25.9. The molecule has 244 valence electrons. The summed E-state index contributed by atoms with van der Waals surface area (Å²) in [6.45, 7) is 0. The number of nitrogens with zero attached hydrogens (tertiary/aromatic N) is 2. The van der Waals surface area contributed by atoms with Crippen LogP contribution in [-0.4, -0.2) is 21.5 Å². The van der Waals surface area contributed by atoms with Crippen molar-refractivity contribution in [3.05, 3.63) is 157 Å². The molecular formula is C41H28F6N2. The summed E-state index contributed by atoms with van der Waals surface area (Å²) in [5.41, 5.74) is 2.26. The normalized spacial score (nSPS) is 12.9. The van der Waals surface area contributed by atoms with E-state index in [1.807, 2.05) is 106 Å². The van der Waals surface area contributed by atoms with Gasteiger partial charge in [-0.05, 0) is 59.7 Å². The maximum atomic E-state index is 14.4. The van der Waals surface area contributed by atoms with Gasteiger partial charge in [0.2, 0.25) is 0 Å². The average Bonchev–Trinajstić information content (AvgIpc) is 3.60. The standard InChI is InChI=1S/C41H28F6N2/c42-40(43,44)25-39(26-41(45,46)47,27-17-21-29(22-18-27)48-35-13-5-1-9-31(35)32-10-2-6-14-36(32)48)28-19-23-30(24-20-28)49-37-15-7-3-11-33(37)34-12-4-8-16-38(34)49/h1-24H,25-26H2. The predicted octanol–water partition coefficient (Wildman–Crippen LogP) is 12.1. The van der Waals surface area contributed by atoms with E-state index >= 15 is 0 Å². The van der Waals surface area contributed by atoms with Gasteiger partial charge in [-0.1, -0.05) is 97.1 Å². The third kappa shape index (κ3) is 5.32. The maximum Gasteiger partial charge on any atom is 0.390 e. The van der Waals surface area contributed by atoms with Crippen LogP contribution in [0.3, 0.4) is 0 Å². The number of alkyl halides is 6. The molecule has 0 aliphatic heterocycles. The molecule has 8 rings (SSSR count). The Morgan fingerprint density at radius 1 is 0.347 bits per heavy atom. The number of para-hydroxylation sites is 4. The Morgan fingerprint density at radius 3 is 0.878 bits per heavy atom. The average molecular weight is 663 g/mol. The van der Waals surface area contributed by atoms with Crippen LogP contribution in [0, 0.1) is 0 Å². The summed E-state index contributed by atoms with van der Waals surface area (Å²) in [6, 6.07) is 43.1. The Morgan fingerprint density at radius 2 is 0.612 bits per heavy atom. The second kappa shape index (κ2) is 11.3. The first-order valence-corrected chi connectivity index (χ1v) is 15.8. The molecule has 2 heterocycles. The van der Waals surface area contributed by atoms with Crippen LogP contribution in [0.1, 0.15) is 24.0 Å². The van der Waals surface area contributed by atoms with E-state index in [1.165, 1.54) is 24.3 Å². The number of fused-ring (bicyclic) bond motifs is 6. The predicted molar refractivity (Wildman–Crippen MR) is 184 cm³/mol. The van der Waals surface area contributed by atoms with Crippen molar-refractivity contribution in [2.45, 2.75) is 30.6 Å².